The number of nitro benzene ring substituents is 1. The number of ether oxygens (including phenoxy) is 1. The molecule has 2 N–H and O–H groups in total. The van der Waals surface area contributed by atoms with Crippen LogP contribution < -0.4 is 9.64 Å². The summed E-state index contributed by atoms with van der Waals surface area (Å²) >= 11 is 0. The van der Waals surface area contributed by atoms with Gasteiger partial charge in [-0.15, -0.1) is 0 Å². The molecule has 0 aliphatic heterocycles. The number of rotatable bonds is 7. The van der Waals surface area contributed by atoms with Crippen molar-refractivity contribution < 1.29 is 24.3 Å². The van der Waals surface area contributed by atoms with E-state index in [1.807, 2.05) is 0 Å². The van der Waals surface area contributed by atoms with Gasteiger partial charge in [0.15, 0.2) is 11.6 Å². The van der Waals surface area contributed by atoms with Crippen molar-refractivity contribution in [2.45, 2.75) is 0 Å². The fourth-order valence-electron chi connectivity index (χ4n) is 1.67. The van der Waals surface area contributed by atoms with E-state index in [0.29, 0.717) is 0 Å². The molecule has 1 aromatic rings. The van der Waals surface area contributed by atoms with Gasteiger partial charge in [-0.05, 0) is 0 Å². The second-order valence-corrected chi connectivity index (χ2v) is 3.67. The summed E-state index contributed by atoms with van der Waals surface area (Å²) < 4.78 is 18.7. The van der Waals surface area contributed by atoms with Gasteiger partial charge in [-0.2, -0.15) is 0 Å². The molecular formula is C11H15FN2O5. The van der Waals surface area contributed by atoms with Gasteiger partial charge >= 0.3 is 5.69 Å². The second kappa shape index (κ2) is 6.86. The molecule has 7 nitrogen and oxygen atoms in total. The summed E-state index contributed by atoms with van der Waals surface area (Å²) in [6, 6.07) is 1.94. The van der Waals surface area contributed by atoms with Crippen LogP contribution in [0.25, 0.3) is 0 Å². The molecule has 0 atom stereocenters. The van der Waals surface area contributed by atoms with Crippen molar-refractivity contribution in [2.75, 3.05) is 38.3 Å². The van der Waals surface area contributed by atoms with Crippen LogP contribution in [0, 0.1) is 15.9 Å². The highest BCUT2D eigenvalue weighted by molar-refractivity contribution is 5.60. The number of benzene rings is 1. The minimum Gasteiger partial charge on any atom is -0.490 e. The third kappa shape index (κ3) is 3.52. The number of halogens is 1. The van der Waals surface area contributed by atoms with Crippen molar-refractivity contribution in [1.29, 1.82) is 0 Å². The van der Waals surface area contributed by atoms with Crippen LogP contribution >= 0.6 is 0 Å². The van der Waals surface area contributed by atoms with Gasteiger partial charge in [0.2, 0.25) is 0 Å². The van der Waals surface area contributed by atoms with Crippen molar-refractivity contribution >= 4 is 11.4 Å². The lowest BCUT2D eigenvalue weighted by Gasteiger charge is -2.23. The molecule has 0 aliphatic rings. The molecule has 0 radical (unpaired) electrons. The van der Waals surface area contributed by atoms with Crippen LogP contribution in [0.15, 0.2) is 12.1 Å². The Balaban J connectivity index is 3.23. The number of anilines is 1. The average Bonchev–Trinajstić information content (AvgIpc) is 2.38. The number of aliphatic hydroxyl groups excluding tert-OH is 2. The Labute approximate surface area is 109 Å². The zero-order valence-corrected chi connectivity index (χ0v) is 10.4. The van der Waals surface area contributed by atoms with Gasteiger partial charge in [0, 0.05) is 19.2 Å². The summed E-state index contributed by atoms with van der Waals surface area (Å²) in [6.45, 7) is -0.283. The van der Waals surface area contributed by atoms with Crippen LogP contribution in [-0.4, -0.2) is 48.5 Å². The van der Waals surface area contributed by atoms with Gasteiger partial charge in [0.1, 0.15) is 0 Å². The maximum absolute atomic E-state index is 13.9. The fourth-order valence-corrected chi connectivity index (χ4v) is 1.67. The SMILES string of the molecule is COc1cc(N(CCO)CCO)c(F)cc1[N+](=O)[O-]. The quantitative estimate of drug-likeness (QED) is 0.556. The monoisotopic (exact) mass is 274 g/mol. The van der Waals surface area contributed by atoms with E-state index in [4.69, 9.17) is 14.9 Å². The predicted molar refractivity (Wildman–Crippen MR) is 66.0 cm³/mol. The summed E-state index contributed by atoms with van der Waals surface area (Å²) in [7, 11) is 1.24. The first-order valence-corrected chi connectivity index (χ1v) is 5.53. The normalized spacial score (nSPS) is 10.3. The molecule has 0 spiro atoms. The molecule has 0 fully saturated rings. The lowest BCUT2D eigenvalue weighted by molar-refractivity contribution is -0.385. The van der Waals surface area contributed by atoms with Crippen LogP contribution in [-0.2, 0) is 0 Å². The molecule has 0 saturated carbocycles. The summed E-state index contributed by atoms with van der Waals surface area (Å²) in [5.41, 5.74) is -0.442. The Morgan fingerprint density at radius 1 is 1.37 bits per heavy atom. The highest BCUT2D eigenvalue weighted by atomic mass is 19.1. The van der Waals surface area contributed by atoms with Crippen molar-refractivity contribution in [3.8, 4) is 5.75 Å². The first-order chi connectivity index (χ1) is 9.04. The van der Waals surface area contributed by atoms with Gasteiger partial charge in [-0.1, -0.05) is 0 Å². The largest absolute Gasteiger partial charge is 0.490 e. The smallest absolute Gasteiger partial charge is 0.313 e. The van der Waals surface area contributed by atoms with Crippen LogP contribution in [0.1, 0.15) is 0 Å². The maximum atomic E-state index is 13.9. The standard InChI is InChI=1S/C11H15FN2O5/c1-19-11-7-9(13(2-4-15)3-5-16)8(12)6-10(11)14(17)18/h6-7,15-16H,2-5H2,1H3. The third-order valence-corrected chi connectivity index (χ3v) is 2.53. The van der Waals surface area contributed by atoms with Gasteiger partial charge < -0.3 is 19.8 Å². The Morgan fingerprint density at radius 2 is 1.95 bits per heavy atom. The molecule has 0 aromatic heterocycles. The predicted octanol–water partition coefficient (Wildman–Crippen LogP) is 0.534. The van der Waals surface area contributed by atoms with Crippen molar-refractivity contribution in [2.24, 2.45) is 0 Å². The Hall–Kier alpha value is -1.93. The molecule has 1 rings (SSSR count). The van der Waals surface area contributed by atoms with Gasteiger partial charge in [-0.25, -0.2) is 4.39 Å². The molecular weight excluding hydrogens is 259 g/mol. The van der Waals surface area contributed by atoms with Crippen LogP contribution in [0.2, 0.25) is 0 Å². The molecule has 0 saturated heterocycles. The number of nitrogens with zero attached hydrogens (tertiary/aromatic N) is 2. The summed E-state index contributed by atoms with van der Waals surface area (Å²) in [6.07, 6.45) is 0. The van der Waals surface area contributed by atoms with E-state index < -0.39 is 16.4 Å². The molecule has 1 aromatic carbocycles. The fraction of sp³-hybridized carbons (Fsp3) is 0.455. The molecule has 0 amide bonds. The molecule has 0 aliphatic carbocycles. The summed E-state index contributed by atoms with van der Waals surface area (Å²) in [5, 5.41) is 28.5. The number of hydrogen-bond acceptors (Lipinski definition) is 6. The molecule has 0 bridgehead atoms. The molecule has 0 unspecified atom stereocenters. The zero-order chi connectivity index (χ0) is 14.4. The van der Waals surface area contributed by atoms with Gasteiger partial charge in [-0.3, -0.25) is 10.1 Å². The van der Waals surface area contributed by atoms with E-state index in [1.54, 1.807) is 0 Å². The van der Waals surface area contributed by atoms with E-state index in [1.165, 1.54) is 18.1 Å². The summed E-state index contributed by atoms with van der Waals surface area (Å²) in [5.74, 6) is -0.892. The van der Waals surface area contributed by atoms with Crippen molar-refractivity contribution in [3.63, 3.8) is 0 Å². The minimum absolute atomic E-state index is 0.0329. The van der Waals surface area contributed by atoms with E-state index in [2.05, 4.69) is 0 Å². The summed E-state index contributed by atoms with van der Waals surface area (Å²) in [4.78, 5) is 11.4. The Kier molecular flexibility index (Phi) is 5.46. The highest BCUT2D eigenvalue weighted by Crippen LogP contribution is 2.33. The first-order valence-electron chi connectivity index (χ1n) is 5.53. The topological polar surface area (TPSA) is 96.1 Å². The minimum atomic E-state index is -0.811. The third-order valence-electron chi connectivity index (χ3n) is 2.53. The number of hydrogen-bond donors (Lipinski definition) is 2. The van der Waals surface area contributed by atoms with Gasteiger partial charge in [0.05, 0.1) is 37.0 Å². The van der Waals surface area contributed by atoms with E-state index in [0.717, 1.165) is 6.07 Å². The molecule has 0 heterocycles. The first kappa shape index (κ1) is 15.1. The number of nitro groups is 1. The Bertz CT molecular complexity index is 449. The van der Waals surface area contributed by atoms with E-state index >= 15 is 0 Å². The van der Waals surface area contributed by atoms with E-state index in [-0.39, 0.29) is 37.7 Å². The maximum Gasteiger partial charge on any atom is 0.313 e. The highest BCUT2D eigenvalue weighted by Gasteiger charge is 2.21. The number of methoxy groups -OCH3 is 1. The van der Waals surface area contributed by atoms with E-state index in [9.17, 15) is 14.5 Å². The molecule has 19 heavy (non-hydrogen) atoms. The lowest BCUT2D eigenvalue weighted by Crippen LogP contribution is -2.30. The molecule has 106 valence electrons. The molecule has 8 heteroatoms. The van der Waals surface area contributed by atoms with Gasteiger partial charge in [0.25, 0.3) is 0 Å². The average molecular weight is 274 g/mol. The van der Waals surface area contributed by atoms with Crippen molar-refractivity contribution in [3.05, 3.63) is 28.1 Å². The van der Waals surface area contributed by atoms with Crippen LogP contribution in [0.3, 0.4) is 0 Å². The second-order valence-electron chi connectivity index (χ2n) is 3.67. The lowest BCUT2D eigenvalue weighted by atomic mass is 10.2. The van der Waals surface area contributed by atoms with Crippen LogP contribution in [0.5, 0.6) is 5.75 Å². The van der Waals surface area contributed by atoms with Crippen LogP contribution in [0.4, 0.5) is 15.8 Å². The Morgan fingerprint density at radius 3 is 2.37 bits per heavy atom. The zero-order valence-electron chi connectivity index (χ0n) is 10.4. The number of aliphatic hydroxyl groups is 2. The van der Waals surface area contributed by atoms with Crippen molar-refractivity contribution in [1.82, 2.24) is 0 Å².